The summed E-state index contributed by atoms with van der Waals surface area (Å²) in [6.07, 6.45) is 9.57. The molecule has 11 nitrogen and oxygen atoms in total. The normalized spacial score (nSPS) is 22.3. The lowest BCUT2D eigenvalue weighted by atomic mass is 9.69. The highest BCUT2D eigenvalue weighted by molar-refractivity contribution is 7.92. The molecule has 1 fully saturated rings. The highest BCUT2D eigenvalue weighted by Gasteiger charge is 2.44. The summed E-state index contributed by atoms with van der Waals surface area (Å²) in [5.74, 6) is -1.03. The lowest BCUT2D eigenvalue weighted by molar-refractivity contribution is -0.122. The molecule has 0 bridgehead atoms. The summed E-state index contributed by atoms with van der Waals surface area (Å²) in [6.45, 7) is 11.0. The van der Waals surface area contributed by atoms with E-state index in [0.717, 1.165) is 32.1 Å². The number of allylic oxidation sites excluding steroid dienone is 2. The van der Waals surface area contributed by atoms with Gasteiger partial charge in [-0.1, -0.05) is 37.2 Å². The second-order valence-corrected chi connectivity index (χ2v) is 16.8. The fourth-order valence-corrected chi connectivity index (χ4v) is 9.92. The number of hydrogen-bond acceptors (Lipinski definition) is 8. The van der Waals surface area contributed by atoms with E-state index in [-0.39, 0.29) is 51.7 Å². The van der Waals surface area contributed by atoms with Crippen LogP contribution in [0, 0.1) is 17.8 Å². The summed E-state index contributed by atoms with van der Waals surface area (Å²) in [6, 6.07) is 11.2. The summed E-state index contributed by atoms with van der Waals surface area (Å²) >= 11 is 6.42. The van der Waals surface area contributed by atoms with Gasteiger partial charge in [0, 0.05) is 48.3 Å². The molecular weight excluding hydrogens is 702 g/mol. The van der Waals surface area contributed by atoms with Crippen LogP contribution in [0.2, 0.25) is 5.02 Å². The standard InChI is InChI=1S/C39H46ClN5O6S/c1-6-9-25(3)22-52(49,43-37(48)31-21-44(4)41-38(31)50-5)42-36(47)27-12-16-35-33(19-27)45(20-28-11-14-30(28)34(46)7-2)23-39(24-51-35)17-8-10-26-18-29(40)13-15-32(26)39/h6-7,12-13,15-16,18-19,21,25,28,30H,1-2,8-11,14,17,20,22-24H2,3-5H3,(H,42,43,47,48,49)/t25-,28-,30+,39-,52-/m0/s1. The maximum atomic E-state index is 14.4. The van der Waals surface area contributed by atoms with Gasteiger partial charge in [0.1, 0.15) is 21.2 Å². The Labute approximate surface area is 310 Å². The van der Waals surface area contributed by atoms with Crippen molar-refractivity contribution in [3.63, 3.8) is 0 Å². The second-order valence-electron chi connectivity index (χ2n) is 14.3. The van der Waals surface area contributed by atoms with Gasteiger partial charge in [-0.15, -0.1) is 16.0 Å². The SMILES string of the molecule is C=CC[C@H](C)C[S@](=O)(=NC(=O)c1ccc2c(c1)N(C[C@@H]1CC[C@H]1C(=O)C=C)C[C@@]1(CCCc3cc(Cl)ccc31)CO2)NC(=O)c1cn(C)nc1OC. The van der Waals surface area contributed by atoms with Crippen LogP contribution < -0.4 is 19.1 Å². The zero-order valence-corrected chi connectivity index (χ0v) is 31.5. The van der Waals surface area contributed by atoms with Crippen LogP contribution >= 0.6 is 11.6 Å². The van der Waals surface area contributed by atoms with Crippen molar-refractivity contribution in [2.75, 3.05) is 37.5 Å². The molecule has 5 atom stereocenters. The Hall–Kier alpha value is -4.42. The Kier molecular flexibility index (Phi) is 11.0. The largest absolute Gasteiger partial charge is 0.490 e. The number of anilines is 1. The first-order valence-corrected chi connectivity index (χ1v) is 19.7. The highest BCUT2D eigenvalue weighted by Crippen LogP contribution is 2.46. The zero-order chi connectivity index (χ0) is 37.2. The molecule has 1 saturated carbocycles. The summed E-state index contributed by atoms with van der Waals surface area (Å²) in [5, 5.41) is 4.81. The smallest absolute Gasteiger partial charge is 0.286 e. The van der Waals surface area contributed by atoms with E-state index in [1.807, 2.05) is 19.1 Å². The Balaban J connectivity index is 1.37. The van der Waals surface area contributed by atoms with Gasteiger partial charge >= 0.3 is 0 Å². The summed E-state index contributed by atoms with van der Waals surface area (Å²) < 4.78 is 34.4. The first-order chi connectivity index (χ1) is 24.9. The third kappa shape index (κ3) is 7.68. The molecule has 13 heteroatoms. The number of amides is 2. The number of methoxy groups -OCH3 is 1. The van der Waals surface area contributed by atoms with Crippen LogP contribution in [0.25, 0.3) is 0 Å². The minimum atomic E-state index is -3.62. The Morgan fingerprint density at radius 2 is 2.04 bits per heavy atom. The first-order valence-electron chi connectivity index (χ1n) is 17.6. The number of fused-ring (bicyclic) bond motifs is 3. The molecule has 6 rings (SSSR count). The van der Waals surface area contributed by atoms with Crippen molar-refractivity contribution in [3.05, 3.63) is 95.2 Å². The van der Waals surface area contributed by atoms with Crippen LogP contribution in [0.15, 0.2) is 72.3 Å². The number of ether oxygens (including phenoxy) is 2. The number of halogens is 1. The molecule has 2 heterocycles. The van der Waals surface area contributed by atoms with E-state index >= 15 is 0 Å². The van der Waals surface area contributed by atoms with Gasteiger partial charge in [-0.3, -0.25) is 23.8 Å². The molecule has 3 aliphatic rings. The predicted molar refractivity (Wildman–Crippen MR) is 203 cm³/mol. The number of rotatable bonds is 12. The molecule has 0 unspecified atom stereocenters. The molecule has 52 heavy (non-hydrogen) atoms. The number of nitrogens with zero attached hydrogens (tertiary/aromatic N) is 4. The van der Waals surface area contributed by atoms with E-state index in [1.165, 1.54) is 35.2 Å². The zero-order valence-electron chi connectivity index (χ0n) is 29.9. The number of hydrogen-bond donors (Lipinski definition) is 1. The Morgan fingerprint density at radius 1 is 1.23 bits per heavy atom. The Morgan fingerprint density at radius 3 is 2.75 bits per heavy atom. The maximum Gasteiger partial charge on any atom is 0.286 e. The number of aromatic nitrogens is 2. The van der Waals surface area contributed by atoms with Gasteiger partial charge < -0.3 is 14.4 Å². The minimum Gasteiger partial charge on any atom is -0.490 e. The summed E-state index contributed by atoms with van der Waals surface area (Å²) in [7, 11) is -0.605. The van der Waals surface area contributed by atoms with Crippen LogP contribution in [0.5, 0.6) is 11.6 Å². The maximum absolute atomic E-state index is 14.4. The molecule has 276 valence electrons. The second kappa shape index (κ2) is 15.3. The van der Waals surface area contributed by atoms with Gasteiger partial charge in [0.05, 0.1) is 25.2 Å². The third-order valence-electron chi connectivity index (χ3n) is 10.5. The molecule has 0 saturated heterocycles. The number of nitrogens with one attached hydrogen (secondary N) is 1. The number of carbonyl (C=O) groups is 3. The van der Waals surface area contributed by atoms with Crippen LogP contribution in [-0.2, 0) is 33.6 Å². The fraction of sp³-hybridized carbons (Fsp3) is 0.436. The number of aryl methyl sites for hydroxylation is 2. The van der Waals surface area contributed by atoms with Crippen molar-refractivity contribution in [1.29, 1.82) is 0 Å². The molecular formula is C39H46ClN5O6S. The summed E-state index contributed by atoms with van der Waals surface area (Å²) in [5.41, 5.74) is 3.03. The minimum absolute atomic E-state index is 0.0454. The van der Waals surface area contributed by atoms with Crippen LogP contribution in [0.4, 0.5) is 5.69 Å². The van der Waals surface area contributed by atoms with Gasteiger partial charge in [-0.25, -0.2) is 4.21 Å². The average Bonchev–Trinajstić information content (AvgIpc) is 3.41. The molecule has 1 aromatic heterocycles. The van der Waals surface area contributed by atoms with E-state index in [0.29, 0.717) is 42.6 Å². The lowest BCUT2D eigenvalue weighted by Gasteiger charge is -2.44. The van der Waals surface area contributed by atoms with Crippen molar-refractivity contribution >= 4 is 44.8 Å². The van der Waals surface area contributed by atoms with E-state index in [2.05, 4.69) is 38.3 Å². The Bertz CT molecular complexity index is 2040. The van der Waals surface area contributed by atoms with E-state index in [4.69, 9.17) is 21.1 Å². The predicted octanol–water partition coefficient (Wildman–Crippen LogP) is 6.50. The van der Waals surface area contributed by atoms with Crippen LogP contribution in [0.1, 0.15) is 70.9 Å². The number of benzene rings is 2. The molecule has 1 N–H and O–H groups in total. The molecule has 2 amide bonds. The van der Waals surface area contributed by atoms with Crippen LogP contribution in [0.3, 0.4) is 0 Å². The van der Waals surface area contributed by atoms with Gasteiger partial charge in [-0.2, -0.15) is 0 Å². The fourth-order valence-electron chi connectivity index (χ4n) is 7.84. The van der Waals surface area contributed by atoms with Crippen molar-refractivity contribution < 1.29 is 28.1 Å². The molecule has 3 aromatic rings. The van der Waals surface area contributed by atoms with E-state index in [1.54, 1.807) is 31.3 Å². The lowest BCUT2D eigenvalue weighted by Crippen LogP contribution is -2.49. The van der Waals surface area contributed by atoms with E-state index < -0.39 is 21.7 Å². The molecule has 1 spiro atoms. The van der Waals surface area contributed by atoms with Gasteiger partial charge in [0.15, 0.2) is 5.78 Å². The molecule has 2 aliphatic carbocycles. The number of ketones is 1. The van der Waals surface area contributed by atoms with Gasteiger partial charge in [0.25, 0.3) is 11.8 Å². The quantitative estimate of drug-likeness (QED) is 0.164. The van der Waals surface area contributed by atoms with Crippen molar-refractivity contribution in [1.82, 2.24) is 14.5 Å². The summed E-state index contributed by atoms with van der Waals surface area (Å²) in [4.78, 5) is 42.4. The first kappa shape index (κ1) is 37.3. The van der Waals surface area contributed by atoms with Crippen molar-refractivity contribution in [3.8, 4) is 11.6 Å². The average molecular weight is 748 g/mol. The highest BCUT2D eigenvalue weighted by atomic mass is 35.5. The van der Waals surface area contributed by atoms with Crippen molar-refractivity contribution in [2.45, 2.75) is 50.9 Å². The monoisotopic (exact) mass is 747 g/mol. The van der Waals surface area contributed by atoms with Crippen LogP contribution in [-0.4, -0.2) is 64.1 Å². The molecule has 2 aromatic carbocycles. The molecule has 0 radical (unpaired) electrons. The van der Waals surface area contributed by atoms with Gasteiger partial charge in [-0.05, 0) is 97.9 Å². The van der Waals surface area contributed by atoms with Crippen molar-refractivity contribution in [2.24, 2.45) is 29.2 Å². The molecule has 1 aliphatic heterocycles. The van der Waals surface area contributed by atoms with Gasteiger partial charge in [0.2, 0.25) is 5.88 Å². The van der Waals surface area contributed by atoms with E-state index in [9.17, 15) is 18.6 Å². The third-order valence-corrected chi connectivity index (χ3v) is 12.7. The number of carbonyl (C=O) groups excluding carboxylic acids is 3. The topological polar surface area (TPSA) is 132 Å².